The highest BCUT2D eigenvalue weighted by Crippen LogP contribution is 2.23. The van der Waals surface area contributed by atoms with E-state index in [-0.39, 0.29) is 23.8 Å². The number of nitrogens with one attached hydrogen (secondary N) is 1. The molecule has 0 spiro atoms. The molecule has 1 aliphatic rings. The first-order valence-electron chi connectivity index (χ1n) is 11.0. The van der Waals surface area contributed by atoms with E-state index in [0.29, 0.717) is 37.2 Å². The van der Waals surface area contributed by atoms with Crippen LogP contribution >= 0.6 is 0 Å². The average Bonchev–Trinajstić information content (AvgIpc) is 2.79. The number of Topliss-reactive ketones (excluding diaryl/α,β-unsaturated/α-hetero) is 1. The first kappa shape index (κ1) is 23.5. The number of amides is 2. The van der Waals surface area contributed by atoms with Crippen molar-refractivity contribution < 1.29 is 19.1 Å². The number of rotatable bonds is 6. The Balaban J connectivity index is 1.50. The molecule has 0 bridgehead atoms. The molecule has 6 heteroatoms. The van der Waals surface area contributed by atoms with Gasteiger partial charge in [-0.15, -0.1) is 0 Å². The third-order valence-electron chi connectivity index (χ3n) is 5.94. The van der Waals surface area contributed by atoms with E-state index in [1.807, 2.05) is 41.3 Å². The summed E-state index contributed by atoms with van der Waals surface area (Å²) in [6.45, 7) is 7.40. The number of ketones is 1. The zero-order chi connectivity index (χ0) is 23.3. The quantitative estimate of drug-likeness (QED) is 0.555. The van der Waals surface area contributed by atoms with Gasteiger partial charge in [-0.1, -0.05) is 63.2 Å². The number of benzene rings is 2. The summed E-state index contributed by atoms with van der Waals surface area (Å²) in [5, 5.41) is 2.84. The summed E-state index contributed by atoms with van der Waals surface area (Å²) in [5.41, 5.74) is 2.35. The maximum Gasteiger partial charge on any atom is 0.292 e. The second-order valence-electron chi connectivity index (χ2n) is 9.27. The molecule has 0 aliphatic carbocycles. The molecule has 1 saturated heterocycles. The summed E-state index contributed by atoms with van der Waals surface area (Å²) in [7, 11) is 1.59. The molecule has 2 aromatic rings. The summed E-state index contributed by atoms with van der Waals surface area (Å²) >= 11 is 0. The lowest BCUT2D eigenvalue weighted by Gasteiger charge is -2.32. The van der Waals surface area contributed by atoms with Crippen molar-refractivity contribution in [2.75, 3.05) is 20.2 Å². The molecule has 32 heavy (non-hydrogen) atoms. The number of hydrogen-bond donors (Lipinski definition) is 1. The van der Waals surface area contributed by atoms with Crippen molar-refractivity contribution in [1.82, 2.24) is 10.2 Å². The standard InChI is InChI=1S/C26H32N2O4/c1-26(2,3)20-11-9-18(10-12-20)24(30)25(31)27-21-13-15-28(16-14-21)23(29)17-19-7-5-6-8-22(19)32-4/h5-12,21H,13-17H2,1-4H3,(H,27,31). The van der Waals surface area contributed by atoms with Gasteiger partial charge in [-0.3, -0.25) is 14.4 Å². The fourth-order valence-electron chi connectivity index (χ4n) is 3.90. The van der Waals surface area contributed by atoms with Crippen LogP contribution in [0, 0.1) is 0 Å². The first-order valence-corrected chi connectivity index (χ1v) is 11.0. The van der Waals surface area contributed by atoms with Crippen LogP contribution in [0.5, 0.6) is 5.75 Å². The zero-order valence-corrected chi connectivity index (χ0v) is 19.3. The number of carbonyl (C=O) groups is 3. The second kappa shape index (κ2) is 9.98. The molecule has 170 valence electrons. The lowest BCUT2D eigenvalue weighted by Crippen LogP contribution is -2.48. The van der Waals surface area contributed by atoms with E-state index in [9.17, 15) is 14.4 Å². The molecule has 1 fully saturated rings. The number of methoxy groups -OCH3 is 1. The molecular formula is C26H32N2O4. The Morgan fingerprint density at radius 1 is 1.00 bits per heavy atom. The normalized spacial score (nSPS) is 14.7. The molecule has 0 radical (unpaired) electrons. The van der Waals surface area contributed by atoms with Crippen LogP contribution in [0.25, 0.3) is 0 Å². The van der Waals surface area contributed by atoms with Crippen LogP contribution < -0.4 is 10.1 Å². The number of carbonyl (C=O) groups excluding carboxylic acids is 3. The predicted octanol–water partition coefficient (Wildman–Crippen LogP) is 3.53. The van der Waals surface area contributed by atoms with Crippen molar-refractivity contribution in [2.24, 2.45) is 0 Å². The minimum atomic E-state index is -0.590. The lowest BCUT2D eigenvalue weighted by atomic mass is 9.86. The highest BCUT2D eigenvalue weighted by Gasteiger charge is 2.27. The van der Waals surface area contributed by atoms with Crippen molar-refractivity contribution in [3.05, 3.63) is 65.2 Å². The van der Waals surface area contributed by atoms with Crippen LogP contribution in [-0.4, -0.2) is 48.7 Å². The number of ether oxygens (including phenoxy) is 1. The molecule has 0 aromatic heterocycles. The Morgan fingerprint density at radius 2 is 1.62 bits per heavy atom. The maximum atomic E-state index is 12.7. The Bertz CT molecular complexity index is 968. The first-order chi connectivity index (χ1) is 15.2. The Kier molecular flexibility index (Phi) is 7.33. The fraction of sp³-hybridized carbons (Fsp3) is 0.423. The summed E-state index contributed by atoms with van der Waals surface area (Å²) < 4.78 is 5.33. The SMILES string of the molecule is COc1ccccc1CC(=O)N1CCC(NC(=O)C(=O)c2ccc(C(C)(C)C)cc2)CC1. The summed E-state index contributed by atoms with van der Waals surface area (Å²) in [4.78, 5) is 39.5. The van der Waals surface area contributed by atoms with Crippen molar-refractivity contribution in [3.63, 3.8) is 0 Å². The molecule has 0 unspecified atom stereocenters. The Morgan fingerprint density at radius 3 is 2.22 bits per heavy atom. The number of hydrogen-bond acceptors (Lipinski definition) is 4. The molecular weight excluding hydrogens is 404 g/mol. The van der Waals surface area contributed by atoms with E-state index in [0.717, 1.165) is 11.1 Å². The second-order valence-corrected chi connectivity index (χ2v) is 9.27. The minimum absolute atomic E-state index is 0.0130. The fourth-order valence-corrected chi connectivity index (χ4v) is 3.90. The topological polar surface area (TPSA) is 75.7 Å². The molecule has 1 N–H and O–H groups in total. The van der Waals surface area contributed by atoms with Gasteiger partial charge in [0.15, 0.2) is 0 Å². The van der Waals surface area contributed by atoms with E-state index in [4.69, 9.17) is 4.74 Å². The predicted molar refractivity (Wildman–Crippen MR) is 124 cm³/mol. The van der Waals surface area contributed by atoms with E-state index >= 15 is 0 Å². The van der Waals surface area contributed by atoms with Crippen molar-refractivity contribution >= 4 is 17.6 Å². The largest absolute Gasteiger partial charge is 0.496 e. The van der Waals surface area contributed by atoms with Gasteiger partial charge in [-0.25, -0.2) is 0 Å². The lowest BCUT2D eigenvalue weighted by molar-refractivity contribution is -0.131. The van der Waals surface area contributed by atoms with Gasteiger partial charge in [0.2, 0.25) is 11.7 Å². The molecule has 0 atom stereocenters. The number of piperidine rings is 1. The summed E-state index contributed by atoms with van der Waals surface area (Å²) in [6, 6.07) is 14.6. The van der Waals surface area contributed by atoms with E-state index in [1.54, 1.807) is 19.2 Å². The van der Waals surface area contributed by atoms with E-state index in [1.165, 1.54) is 0 Å². The van der Waals surface area contributed by atoms with Gasteiger partial charge in [0, 0.05) is 30.3 Å². The average molecular weight is 437 g/mol. The van der Waals surface area contributed by atoms with Gasteiger partial charge in [0.25, 0.3) is 5.91 Å². The molecule has 1 heterocycles. The van der Waals surface area contributed by atoms with Crippen LogP contribution in [0.15, 0.2) is 48.5 Å². The van der Waals surface area contributed by atoms with Crippen LogP contribution in [0.3, 0.4) is 0 Å². The Labute approximate surface area is 189 Å². The smallest absolute Gasteiger partial charge is 0.292 e. The third-order valence-corrected chi connectivity index (χ3v) is 5.94. The molecule has 1 aliphatic heterocycles. The number of para-hydroxylation sites is 1. The number of nitrogens with zero attached hydrogens (tertiary/aromatic N) is 1. The highest BCUT2D eigenvalue weighted by molar-refractivity contribution is 6.42. The Hall–Kier alpha value is -3.15. The molecule has 3 rings (SSSR count). The van der Waals surface area contributed by atoms with Crippen LogP contribution in [0.2, 0.25) is 0 Å². The van der Waals surface area contributed by atoms with Gasteiger partial charge in [-0.05, 0) is 29.9 Å². The number of likely N-dealkylation sites (tertiary alicyclic amines) is 1. The minimum Gasteiger partial charge on any atom is -0.496 e. The summed E-state index contributed by atoms with van der Waals surface area (Å²) in [6.07, 6.45) is 1.53. The maximum absolute atomic E-state index is 12.7. The van der Waals surface area contributed by atoms with E-state index < -0.39 is 11.7 Å². The highest BCUT2D eigenvalue weighted by atomic mass is 16.5. The molecule has 6 nitrogen and oxygen atoms in total. The van der Waals surface area contributed by atoms with Crippen molar-refractivity contribution in [2.45, 2.75) is 51.5 Å². The van der Waals surface area contributed by atoms with Gasteiger partial charge in [0.05, 0.1) is 13.5 Å². The zero-order valence-electron chi connectivity index (χ0n) is 19.3. The molecule has 2 amide bonds. The van der Waals surface area contributed by atoms with Crippen molar-refractivity contribution in [1.29, 1.82) is 0 Å². The van der Waals surface area contributed by atoms with Gasteiger partial charge in [0.1, 0.15) is 5.75 Å². The van der Waals surface area contributed by atoms with Crippen LogP contribution in [-0.2, 0) is 21.4 Å². The monoisotopic (exact) mass is 436 g/mol. The van der Waals surface area contributed by atoms with Crippen molar-refractivity contribution in [3.8, 4) is 5.75 Å². The molecule has 2 aromatic carbocycles. The van der Waals surface area contributed by atoms with Crippen LogP contribution in [0.1, 0.15) is 55.1 Å². The van der Waals surface area contributed by atoms with Crippen LogP contribution in [0.4, 0.5) is 0 Å². The van der Waals surface area contributed by atoms with Gasteiger partial charge in [-0.2, -0.15) is 0 Å². The third kappa shape index (κ3) is 5.75. The van der Waals surface area contributed by atoms with E-state index in [2.05, 4.69) is 26.1 Å². The molecule has 0 saturated carbocycles. The van der Waals surface area contributed by atoms with Gasteiger partial charge >= 0.3 is 0 Å². The summed E-state index contributed by atoms with van der Waals surface area (Å²) in [5.74, 6) is -0.376. The van der Waals surface area contributed by atoms with Gasteiger partial charge < -0.3 is 15.0 Å².